The summed E-state index contributed by atoms with van der Waals surface area (Å²) in [6.07, 6.45) is 4.89. The van der Waals surface area contributed by atoms with Crippen molar-refractivity contribution in [1.82, 2.24) is 4.90 Å². The lowest BCUT2D eigenvalue weighted by atomic mass is 10.0. The zero-order valence-electron chi connectivity index (χ0n) is 11.0. The van der Waals surface area contributed by atoms with E-state index in [0.717, 1.165) is 18.6 Å². The van der Waals surface area contributed by atoms with E-state index in [1.165, 1.54) is 43.6 Å². The topological polar surface area (TPSA) is 12.5 Å². The number of nitrogens with zero attached hydrogens (tertiary/aromatic N) is 1. The summed E-state index contributed by atoms with van der Waals surface area (Å²) >= 11 is 0. The predicted molar refractivity (Wildman–Crippen MR) is 71.8 cm³/mol. The Bertz CT molecular complexity index is 362. The highest BCUT2D eigenvalue weighted by Crippen LogP contribution is 2.25. The number of rotatable bonds is 4. The fourth-order valence-electron chi connectivity index (χ4n) is 2.59. The molecular weight excluding hydrogens is 210 g/mol. The average molecular weight is 233 g/mol. The van der Waals surface area contributed by atoms with Crippen molar-refractivity contribution < 1.29 is 4.74 Å². The zero-order valence-corrected chi connectivity index (χ0v) is 11.0. The van der Waals surface area contributed by atoms with Crippen LogP contribution in [0, 0.1) is 0 Å². The molecule has 2 nitrogen and oxygen atoms in total. The van der Waals surface area contributed by atoms with Crippen LogP contribution in [0.5, 0.6) is 5.75 Å². The number of hydrogen-bond acceptors (Lipinski definition) is 2. The van der Waals surface area contributed by atoms with E-state index in [9.17, 15) is 0 Å². The lowest BCUT2D eigenvalue weighted by Gasteiger charge is -2.18. The Kier molecular flexibility index (Phi) is 4.43. The van der Waals surface area contributed by atoms with Gasteiger partial charge in [0.05, 0.1) is 7.11 Å². The van der Waals surface area contributed by atoms with Crippen LogP contribution in [0.25, 0.3) is 0 Å². The first-order chi connectivity index (χ1) is 8.35. The van der Waals surface area contributed by atoms with Gasteiger partial charge in [0.25, 0.3) is 0 Å². The monoisotopic (exact) mass is 233 g/mol. The van der Waals surface area contributed by atoms with E-state index < -0.39 is 0 Å². The zero-order chi connectivity index (χ0) is 12.1. The molecule has 0 saturated heterocycles. The Labute approximate surface area is 105 Å². The van der Waals surface area contributed by atoms with Gasteiger partial charge >= 0.3 is 0 Å². The molecule has 1 aromatic rings. The molecule has 94 valence electrons. The van der Waals surface area contributed by atoms with Gasteiger partial charge < -0.3 is 9.64 Å². The van der Waals surface area contributed by atoms with Gasteiger partial charge in [-0.05, 0) is 43.0 Å². The highest BCUT2D eigenvalue weighted by molar-refractivity contribution is 5.41. The normalized spacial score (nSPS) is 16.4. The molecular formula is C15H23NO. The van der Waals surface area contributed by atoms with Gasteiger partial charge in [-0.1, -0.05) is 25.5 Å². The molecule has 0 aliphatic carbocycles. The van der Waals surface area contributed by atoms with Gasteiger partial charge in [-0.25, -0.2) is 0 Å². The summed E-state index contributed by atoms with van der Waals surface area (Å²) in [6, 6.07) is 6.45. The summed E-state index contributed by atoms with van der Waals surface area (Å²) in [7, 11) is 1.77. The van der Waals surface area contributed by atoms with E-state index in [-0.39, 0.29) is 0 Å². The van der Waals surface area contributed by atoms with Crippen LogP contribution in [-0.4, -0.2) is 31.6 Å². The molecule has 0 amide bonds. The van der Waals surface area contributed by atoms with Crippen LogP contribution in [0.3, 0.4) is 0 Å². The summed E-state index contributed by atoms with van der Waals surface area (Å²) in [4.78, 5) is 2.59. The molecule has 0 aromatic heterocycles. The predicted octanol–water partition coefficient (Wildman–Crippen LogP) is 2.90. The maximum absolute atomic E-state index is 5.47. The van der Waals surface area contributed by atoms with E-state index >= 15 is 0 Å². The second kappa shape index (κ2) is 6.06. The molecule has 0 atom stereocenters. The standard InChI is InChI=1S/C15H23NO/c1-3-4-10-16-11-8-13-6-5-7-15(17-2)14(13)9-12-16/h5-7H,3-4,8-12H2,1-2H3. The minimum absolute atomic E-state index is 1.07. The number of ether oxygens (including phenoxy) is 1. The molecule has 2 rings (SSSR count). The first-order valence-electron chi connectivity index (χ1n) is 6.72. The van der Waals surface area contributed by atoms with Crippen molar-refractivity contribution in [3.05, 3.63) is 29.3 Å². The third kappa shape index (κ3) is 3.01. The smallest absolute Gasteiger partial charge is 0.122 e. The molecule has 0 fully saturated rings. The van der Waals surface area contributed by atoms with Gasteiger partial charge in [-0.2, -0.15) is 0 Å². The van der Waals surface area contributed by atoms with E-state index in [4.69, 9.17) is 4.74 Å². The highest BCUT2D eigenvalue weighted by Gasteiger charge is 2.16. The van der Waals surface area contributed by atoms with Crippen LogP contribution in [0.4, 0.5) is 0 Å². The molecule has 1 aliphatic rings. The van der Waals surface area contributed by atoms with E-state index in [0.29, 0.717) is 0 Å². The number of hydrogen-bond donors (Lipinski definition) is 0. The van der Waals surface area contributed by atoms with Crippen molar-refractivity contribution in [2.75, 3.05) is 26.7 Å². The number of methoxy groups -OCH3 is 1. The quantitative estimate of drug-likeness (QED) is 0.793. The van der Waals surface area contributed by atoms with Gasteiger partial charge in [0.2, 0.25) is 0 Å². The summed E-state index contributed by atoms with van der Waals surface area (Å²) in [6.45, 7) is 5.87. The van der Waals surface area contributed by atoms with Gasteiger partial charge in [-0.15, -0.1) is 0 Å². The molecule has 1 heterocycles. The lowest BCUT2D eigenvalue weighted by Crippen LogP contribution is -2.27. The molecule has 1 aliphatic heterocycles. The van der Waals surface area contributed by atoms with Crippen molar-refractivity contribution in [1.29, 1.82) is 0 Å². The van der Waals surface area contributed by atoms with Crippen LogP contribution in [0.2, 0.25) is 0 Å². The average Bonchev–Trinajstić information content (AvgIpc) is 2.58. The lowest BCUT2D eigenvalue weighted by molar-refractivity contribution is 0.282. The molecule has 0 saturated carbocycles. The molecule has 0 radical (unpaired) electrons. The molecule has 0 unspecified atom stereocenters. The number of fused-ring (bicyclic) bond motifs is 1. The van der Waals surface area contributed by atoms with Crippen molar-refractivity contribution in [2.24, 2.45) is 0 Å². The molecule has 0 N–H and O–H groups in total. The van der Waals surface area contributed by atoms with Crippen LogP contribution in [0.15, 0.2) is 18.2 Å². The van der Waals surface area contributed by atoms with Crippen molar-refractivity contribution >= 4 is 0 Å². The van der Waals surface area contributed by atoms with Crippen LogP contribution in [-0.2, 0) is 12.8 Å². The van der Waals surface area contributed by atoms with Gasteiger partial charge in [0.15, 0.2) is 0 Å². The van der Waals surface area contributed by atoms with Crippen LogP contribution < -0.4 is 4.74 Å². The van der Waals surface area contributed by atoms with E-state index in [1.54, 1.807) is 7.11 Å². The maximum Gasteiger partial charge on any atom is 0.122 e. The number of unbranched alkanes of at least 4 members (excludes halogenated alkanes) is 1. The van der Waals surface area contributed by atoms with Gasteiger partial charge in [-0.3, -0.25) is 0 Å². The Morgan fingerprint density at radius 1 is 1.24 bits per heavy atom. The summed E-state index contributed by atoms with van der Waals surface area (Å²) < 4.78 is 5.47. The SMILES string of the molecule is CCCCN1CCc2cccc(OC)c2CC1. The van der Waals surface area contributed by atoms with Crippen LogP contribution >= 0.6 is 0 Å². The fourth-order valence-corrected chi connectivity index (χ4v) is 2.59. The Hall–Kier alpha value is -1.02. The largest absolute Gasteiger partial charge is 0.496 e. The summed E-state index contributed by atoms with van der Waals surface area (Å²) in [5.74, 6) is 1.07. The third-order valence-corrected chi connectivity index (χ3v) is 3.65. The highest BCUT2D eigenvalue weighted by atomic mass is 16.5. The van der Waals surface area contributed by atoms with Crippen molar-refractivity contribution in [2.45, 2.75) is 32.6 Å². The Morgan fingerprint density at radius 2 is 2.06 bits per heavy atom. The minimum atomic E-state index is 1.07. The maximum atomic E-state index is 5.47. The first kappa shape index (κ1) is 12.4. The third-order valence-electron chi connectivity index (χ3n) is 3.65. The second-order valence-corrected chi connectivity index (χ2v) is 4.79. The second-order valence-electron chi connectivity index (χ2n) is 4.79. The fraction of sp³-hybridized carbons (Fsp3) is 0.600. The summed E-state index contributed by atoms with van der Waals surface area (Å²) in [5.41, 5.74) is 2.90. The van der Waals surface area contributed by atoms with Crippen LogP contribution in [0.1, 0.15) is 30.9 Å². The molecule has 1 aromatic carbocycles. The first-order valence-corrected chi connectivity index (χ1v) is 6.72. The van der Waals surface area contributed by atoms with Gasteiger partial charge in [0, 0.05) is 13.1 Å². The van der Waals surface area contributed by atoms with E-state index in [2.05, 4.69) is 30.0 Å². The van der Waals surface area contributed by atoms with Crippen molar-refractivity contribution in [3.63, 3.8) is 0 Å². The van der Waals surface area contributed by atoms with E-state index in [1.807, 2.05) is 0 Å². The minimum Gasteiger partial charge on any atom is -0.496 e. The molecule has 2 heteroatoms. The van der Waals surface area contributed by atoms with Gasteiger partial charge in [0.1, 0.15) is 5.75 Å². The molecule has 0 spiro atoms. The Balaban J connectivity index is 2.07. The molecule has 0 bridgehead atoms. The Morgan fingerprint density at radius 3 is 2.82 bits per heavy atom. The summed E-state index contributed by atoms with van der Waals surface area (Å²) in [5, 5.41) is 0. The number of benzene rings is 1. The van der Waals surface area contributed by atoms with Crippen molar-refractivity contribution in [3.8, 4) is 5.75 Å². The molecule has 17 heavy (non-hydrogen) atoms.